The molecule has 1 atom stereocenters. The van der Waals surface area contributed by atoms with Gasteiger partial charge in [-0.2, -0.15) is 0 Å². The van der Waals surface area contributed by atoms with E-state index < -0.39 is 12.0 Å². The highest BCUT2D eigenvalue weighted by Gasteiger charge is 2.18. The summed E-state index contributed by atoms with van der Waals surface area (Å²) in [5.74, 6) is 0.754. The third-order valence-corrected chi connectivity index (χ3v) is 6.01. The molecule has 2 rings (SSSR count). The van der Waals surface area contributed by atoms with Crippen LogP contribution in [0.15, 0.2) is 48.6 Å². The molecule has 9 heteroatoms. The van der Waals surface area contributed by atoms with Crippen LogP contribution >= 0.6 is 0 Å². The van der Waals surface area contributed by atoms with Crippen molar-refractivity contribution in [2.75, 3.05) is 20.8 Å². The van der Waals surface area contributed by atoms with Crippen molar-refractivity contribution in [3.8, 4) is 23.0 Å². The number of carbonyl (C=O) groups excluding carboxylic acids is 3. The van der Waals surface area contributed by atoms with Gasteiger partial charge >= 0.3 is 11.9 Å². The van der Waals surface area contributed by atoms with Crippen LogP contribution in [0.5, 0.6) is 23.0 Å². The Morgan fingerprint density at radius 1 is 0.872 bits per heavy atom. The van der Waals surface area contributed by atoms with E-state index in [9.17, 15) is 14.4 Å². The third kappa shape index (κ3) is 10.9. The molecule has 0 saturated carbocycles. The summed E-state index contributed by atoms with van der Waals surface area (Å²) in [6, 6.07) is 9.93. The van der Waals surface area contributed by atoms with Gasteiger partial charge < -0.3 is 30.4 Å². The highest BCUT2D eigenvalue weighted by Crippen LogP contribution is 2.30. The maximum atomic E-state index is 12.3. The number of benzene rings is 2. The third-order valence-electron chi connectivity index (χ3n) is 6.01. The van der Waals surface area contributed by atoms with Crippen molar-refractivity contribution in [2.45, 2.75) is 64.3 Å². The van der Waals surface area contributed by atoms with E-state index in [1.54, 1.807) is 31.2 Å². The van der Waals surface area contributed by atoms with Crippen LogP contribution in [0.25, 0.3) is 0 Å². The van der Waals surface area contributed by atoms with E-state index in [0.29, 0.717) is 61.6 Å². The maximum Gasteiger partial charge on any atom is 0.328 e. The van der Waals surface area contributed by atoms with Gasteiger partial charge in [0, 0.05) is 12.8 Å². The molecule has 39 heavy (non-hydrogen) atoms. The Balaban J connectivity index is 1.83. The number of allylic oxidation sites excluding steroid dienone is 2. The molecule has 2 aromatic rings. The molecule has 0 aliphatic rings. The van der Waals surface area contributed by atoms with Gasteiger partial charge in [-0.3, -0.25) is 9.59 Å². The summed E-state index contributed by atoms with van der Waals surface area (Å²) in [6.07, 6.45) is 8.01. The van der Waals surface area contributed by atoms with Gasteiger partial charge in [-0.15, -0.1) is 0 Å². The molecule has 0 fully saturated rings. The van der Waals surface area contributed by atoms with Crippen molar-refractivity contribution in [3.05, 3.63) is 59.7 Å². The lowest BCUT2D eigenvalue weighted by molar-refractivity contribution is -0.136. The molecule has 9 nitrogen and oxygen atoms in total. The number of ketones is 1. The summed E-state index contributed by atoms with van der Waals surface area (Å²) in [5, 5.41) is 0. The first kappa shape index (κ1) is 31.5. The zero-order valence-electron chi connectivity index (χ0n) is 23.1. The Labute approximate surface area is 230 Å². The SMILES string of the molecule is CCC(=O)Oc1ccc(CCC(=O)/C=C/CCc2ccc(OC(=O)[C@@H](N)CCCCN)c(OC)c2)cc1OC. The highest BCUT2D eigenvalue weighted by atomic mass is 16.6. The predicted octanol–water partition coefficient (Wildman–Crippen LogP) is 4.07. The number of unbranched alkanes of at least 4 members (excludes halogenated alkanes) is 1. The number of aryl methyl sites for hydroxylation is 2. The van der Waals surface area contributed by atoms with Crippen LogP contribution < -0.4 is 30.4 Å². The van der Waals surface area contributed by atoms with Gasteiger partial charge in [0.1, 0.15) is 6.04 Å². The van der Waals surface area contributed by atoms with E-state index in [1.165, 1.54) is 14.2 Å². The quantitative estimate of drug-likeness (QED) is 0.131. The van der Waals surface area contributed by atoms with Crippen LogP contribution in [0.3, 0.4) is 0 Å². The van der Waals surface area contributed by atoms with E-state index in [0.717, 1.165) is 24.0 Å². The summed E-state index contributed by atoms with van der Waals surface area (Å²) in [7, 11) is 3.02. The number of hydrogen-bond acceptors (Lipinski definition) is 9. The molecule has 4 N–H and O–H groups in total. The number of hydrogen-bond donors (Lipinski definition) is 2. The molecule has 0 aliphatic carbocycles. The second kappa shape index (κ2) is 17.0. The molecule has 2 aromatic carbocycles. The Kier molecular flexibility index (Phi) is 13.7. The van der Waals surface area contributed by atoms with Crippen molar-refractivity contribution in [2.24, 2.45) is 11.5 Å². The first-order valence-electron chi connectivity index (χ1n) is 13.2. The van der Waals surface area contributed by atoms with Crippen LogP contribution in [0.2, 0.25) is 0 Å². The van der Waals surface area contributed by atoms with Crippen LogP contribution in [-0.2, 0) is 27.2 Å². The van der Waals surface area contributed by atoms with Gasteiger partial charge in [-0.1, -0.05) is 31.6 Å². The smallest absolute Gasteiger partial charge is 0.328 e. The normalized spacial score (nSPS) is 11.7. The van der Waals surface area contributed by atoms with Gasteiger partial charge in [-0.05, 0) is 80.1 Å². The number of rotatable bonds is 17. The zero-order valence-corrected chi connectivity index (χ0v) is 23.1. The summed E-state index contributed by atoms with van der Waals surface area (Å²) in [5.41, 5.74) is 13.3. The van der Waals surface area contributed by atoms with Crippen LogP contribution in [0, 0.1) is 0 Å². The maximum absolute atomic E-state index is 12.3. The van der Waals surface area contributed by atoms with E-state index in [-0.39, 0.29) is 18.2 Å². The fourth-order valence-corrected chi connectivity index (χ4v) is 3.72. The fraction of sp³-hybridized carbons (Fsp3) is 0.433. The minimum atomic E-state index is -0.713. The molecule has 0 bridgehead atoms. The van der Waals surface area contributed by atoms with Gasteiger partial charge in [0.2, 0.25) is 0 Å². The number of esters is 2. The largest absolute Gasteiger partial charge is 0.493 e. The van der Waals surface area contributed by atoms with E-state index in [2.05, 4.69) is 0 Å². The lowest BCUT2D eigenvalue weighted by Crippen LogP contribution is -2.34. The molecule has 212 valence electrons. The Morgan fingerprint density at radius 2 is 1.49 bits per heavy atom. The van der Waals surface area contributed by atoms with Gasteiger partial charge in [-0.25, -0.2) is 4.79 Å². The highest BCUT2D eigenvalue weighted by molar-refractivity contribution is 5.89. The fourth-order valence-electron chi connectivity index (χ4n) is 3.72. The summed E-state index contributed by atoms with van der Waals surface area (Å²) in [4.78, 5) is 36.2. The Hall–Kier alpha value is -3.69. The molecule has 0 spiro atoms. The molecule has 0 aromatic heterocycles. The van der Waals surface area contributed by atoms with Crippen molar-refractivity contribution in [3.63, 3.8) is 0 Å². The minimum absolute atomic E-state index is 0.0121. The molecule has 0 radical (unpaired) electrons. The van der Waals surface area contributed by atoms with Gasteiger partial charge in [0.25, 0.3) is 0 Å². The second-order valence-corrected chi connectivity index (χ2v) is 9.02. The first-order chi connectivity index (χ1) is 18.8. The van der Waals surface area contributed by atoms with Crippen LogP contribution in [0.4, 0.5) is 0 Å². The predicted molar refractivity (Wildman–Crippen MR) is 149 cm³/mol. The molecule has 0 saturated heterocycles. The zero-order chi connectivity index (χ0) is 28.6. The molecule has 0 unspecified atom stereocenters. The van der Waals surface area contributed by atoms with Crippen molar-refractivity contribution in [1.29, 1.82) is 0 Å². The van der Waals surface area contributed by atoms with Crippen LogP contribution in [0.1, 0.15) is 56.6 Å². The Morgan fingerprint density at radius 3 is 2.08 bits per heavy atom. The Bertz CT molecular complexity index is 1130. The molecule has 0 aliphatic heterocycles. The van der Waals surface area contributed by atoms with Gasteiger partial charge in [0.15, 0.2) is 28.8 Å². The minimum Gasteiger partial charge on any atom is -0.493 e. The standard InChI is InChI=1S/C30H40N2O7/c1-4-29(34)38-25-16-14-22(20-27(25)36-2)12-15-23(33)10-6-5-9-21-13-17-26(28(19-21)37-3)39-30(35)24(32)11-7-8-18-31/h6,10,13-14,16-17,19-20,24H,4-5,7-9,11-12,15,18,31-32H2,1-3H3/b10-6+/t24-/m0/s1. The number of methoxy groups -OCH3 is 2. The van der Waals surface area contributed by atoms with E-state index in [1.807, 2.05) is 24.3 Å². The average molecular weight is 541 g/mol. The monoisotopic (exact) mass is 540 g/mol. The van der Waals surface area contributed by atoms with Crippen molar-refractivity contribution >= 4 is 17.7 Å². The second-order valence-electron chi connectivity index (χ2n) is 9.02. The number of nitrogens with two attached hydrogens (primary N) is 2. The average Bonchev–Trinajstić information content (AvgIpc) is 2.95. The summed E-state index contributed by atoms with van der Waals surface area (Å²) >= 11 is 0. The molecule has 0 heterocycles. The lowest BCUT2D eigenvalue weighted by Gasteiger charge is -2.14. The lowest BCUT2D eigenvalue weighted by atomic mass is 10.1. The number of ether oxygens (including phenoxy) is 4. The molecular weight excluding hydrogens is 500 g/mol. The topological polar surface area (TPSA) is 140 Å². The summed E-state index contributed by atoms with van der Waals surface area (Å²) < 4.78 is 21.4. The van der Waals surface area contributed by atoms with E-state index in [4.69, 9.17) is 30.4 Å². The molecular formula is C30H40N2O7. The summed E-state index contributed by atoms with van der Waals surface area (Å²) in [6.45, 7) is 2.28. The van der Waals surface area contributed by atoms with Crippen LogP contribution in [-0.4, -0.2) is 44.5 Å². The van der Waals surface area contributed by atoms with Crippen molar-refractivity contribution in [1.82, 2.24) is 0 Å². The molecule has 0 amide bonds. The van der Waals surface area contributed by atoms with Gasteiger partial charge in [0.05, 0.1) is 14.2 Å². The first-order valence-corrected chi connectivity index (χ1v) is 13.2. The van der Waals surface area contributed by atoms with Crippen molar-refractivity contribution < 1.29 is 33.3 Å². The van der Waals surface area contributed by atoms with E-state index >= 15 is 0 Å². The number of carbonyl (C=O) groups is 3.